The normalized spacial score (nSPS) is 9.70. The third kappa shape index (κ3) is 2.36. The van der Waals surface area contributed by atoms with Crippen LogP contribution < -0.4 is 0 Å². The predicted molar refractivity (Wildman–Crippen MR) is 46.6 cm³/mol. The Kier molecular flexibility index (Phi) is 3.23. The second kappa shape index (κ2) is 4.28. The Hall–Kier alpha value is -0.563. The molecule has 1 heteroatoms. The summed E-state index contributed by atoms with van der Waals surface area (Å²) < 4.78 is 0. The molecular weight excluding hydrogens is 136 g/mol. The van der Waals surface area contributed by atoms with Crippen molar-refractivity contribution in [2.75, 3.05) is 0 Å². The predicted octanol–water partition coefficient (Wildman–Crippen LogP) is 2.40. The second-order valence-corrected chi connectivity index (χ2v) is 3.55. The van der Waals surface area contributed by atoms with E-state index in [1.165, 1.54) is 18.0 Å². The summed E-state index contributed by atoms with van der Waals surface area (Å²) in [6.45, 7) is 2.25. The van der Waals surface area contributed by atoms with E-state index in [0.717, 1.165) is 9.52 Å². The fourth-order valence-corrected chi connectivity index (χ4v) is 1.45. The summed E-state index contributed by atoms with van der Waals surface area (Å²) in [5.41, 5.74) is 1.47. The highest BCUT2D eigenvalue weighted by atomic mass is 28.2. The highest BCUT2D eigenvalue weighted by Gasteiger charge is 1.87. The summed E-state index contributed by atoms with van der Waals surface area (Å²) in [5.74, 6) is 0. The van der Waals surface area contributed by atoms with Gasteiger partial charge >= 0.3 is 0 Å². The maximum absolute atomic E-state index is 2.25. The van der Waals surface area contributed by atoms with Crippen LogP contribution >= 0.6 is 0 Å². The van der Waals surface area contributed by atoms with Gasteiger partial charge in [-0.2, -0.15) is 0 Å². The Morgan fingerprint density at radius 3 is 2.50 bits per heavy atom. The summed E-state index contributed by atoms with van der Waals surface area (Å²) in [7, 11) is 1.08. The lowest BCUT2D eigenvalue weighted by atomic mass is 10.2. The Morgan fingerprint density at radius 2 is 1.90 bits per heavy atom. The molecule has 0 bridgehead atoms. The monoisotopic (exact) mass is 148 g/mol. The van der Waals surface area contributed by atoms with E-state index in [9.17, 15) is 0 Å². The Bertz CT molecular complexity index is 169. The molecular formula is C9H12Si. The summed E-state index contributed by atoms with van der Waals surface area (Å²) in [6, 6.07) is 12.0. The average molecular weight is 148 g/mol. The van der Waals surface area contributed by atoms with Gasteiger partial charge in [-0.15, -0.1) is 0 Å². The van der Waals surface area contributed by atoms with E-state index in [1.54, 1.807) is 0 Å². The first-order chi connectivity index (χ1) is 4.93. The van der Waals surface area contributed by atoms with Crippen LogP contribution in [0.3, 0.4) is 0 Å². The standard InChI is InChI=1S/C9H12Si/c1-10-8-7-9-5-3-2-4-6-9/h2-6H,7-8H2,1H3. The quantitative estimate of drug-likeness (QED) is 0.577. The highest BCUT2D eigenvalue weighted by Crippen LogP contribution is 2.01. The first kappa shape index (κ1) is 7.54. The van der Waals surface area contributed by atoms with Crippen LogP contribution in [0.1, 0.15) is 5.56 Å². The number of hydrogen-bond donors (Lipinski definition) is 0. The Balaban J connectivity index is 2.43. The van der Waals surface area contributed by atoms with Crippen molar-refractivity contribution < 1.29 is 0 Å². The van der Waals surface area contributed by atoms with Crippen molar-refractivity contribution in [1.29, 1.82) is 0 Å². The topological polar surface area (TPSA) is 0 Å². The third-order valence-electron chi connectivity index (χ3n) is 1.51. The van der Waals surface area contributed by atoms with Gasteiger partial charge < -0.3 is 0 Å². The molecule has 0 heterocycles. The first-order valence-corrected chi connectivity index (χ1v) is 5.32. The lowest BCUT2D eigenvalue weighted by Crippen LogP contribution is -1.86. The molecule has 0 saturated heterocycles. The van der Waals surface area contributed by atoms with E-state index in [0.29, 0.717) is 0 Å². The van der Waals surface area contributed by atoms with E-state index in [4.69, 9.17) is 0 Å². The molecule has 1 aromatic carbocycles. The van der Waals surface area contributed by atoms with Gasteiger partial charge in [-0.1, -0.05) is 42.9 Å². The smallest absolute Gasteiger partial charge is 0.0346 e. The molecule has 0 N–H and O–H groups in total. The number of hydrogen-bond acceptors (Lipinski definition) is 0. The summed E-state index contributed by atoms with van der Waals surface area (Å²) in [4.78, 5) is 0. The maximum Gasteiger partial charge on any atom is 0.0346 e. The van der Waals surface area contributed by atoms with Gasteiger partial charge in [0.25, 0.3) is 0 Å². The molecule has 52 valence electrons. The molecule has 0 aliphatic heterocycles. The molecule has 2 radical (unpaired) electrons. The van der Waals surface area contributed by atoms with Crippen LogP contribution in [0.5, 0.6) is 0 Å². The van der Waals surface area contributed by atoms with E-state index in [2.05, 4.69) is 36.9 Å². The number of rotatable bonds is 3. The third-order valence-corrected chi connectivity index (χ3v) is 2.26. The van der Waals surface area contributed by atoms with E-state index in [-0.39, 0.29) is 0 Å². The summed E-state index contributed by atoms with van der Waals surface area (Å²) in [6.07, 6.45) is 1.25. The molecule has 0 fully saturated rings. The number of aryl methyl sites for hydroxylation is 1. The van der Waals surface area contributed by atoms with Crippen molar-refractivity contribution in [3.63, 3.8) is 0 Å². The van der Waals surface area contributed by atoms with Gasteiger partial charge in [0, 0.05) is 9.52 Å². The molecule has 0 saturated carbocycles. The summed E-state index contributed by atoms with van der Waals surface area (Å²) >= 11 is 0. The molecule has 0 amide bonds. The fraction of sp³-hybridized carbons (Fsp3) is 0.333. The van der Waals surface area contributed by atoms with Crippen LogP contribution in [0.25, 0.3) is 0 Å². The zero-order valence-electron chi connectivity index (χ0n) is 6.30. The van der Waals surface area contributed by atoms with Crippen molar-refractivity contribution >= 4 is 9.52 Å². The van der Waals surface area contributed by atoms with Gasteiger partial charge in [-0.25, -0.2) is 0 Å². The maximum atomic E-state index is 2.25. The van der Waals surface area contributed by atoms with Crippen molar-refractivity contribution in [1.82, 2.24) is 0 Å². The van der Waals surface area contributed by atoms with Crippen LogP contribution in [0, 0.1) is 0 Å². The van der Waals surface area contributed by atoms with Gasteiger partial charge in [0.2, 0.25) is 0 Å². The van der Waals surface area contributed by atoms with E-state index >= 15 is 0 Å². The zero-order chi connectivity index (χ0) is 7.23. The minimum atomic E-state index is 1.08. The molecule has 0 spiro atoms. The Morgan fingerprint density at radius 1 is 1.20 bits per heavy atom. The van der Waals surface area contributed by atoms with Crippen LogP contribution in [-0.4, -0.2) is 9.52 Å². The molecule has 0 aliphatic carbocycles. The number of benzene rings is 1. The molecule has 0 atom stereocenters. The lowest BCUT2D eigenvalue weighted by Gasteiger charge is -1.95. The van der Waals surface area contributed by atoms with Crippen molar-refractivity contribution in [2.45, 2.75) is 19.0 Å². The fourth-order valence-electron chi connectivity index (χ4n) is 0.914. The molecule has 0 unspecified atom stereocenters. The first-order valence-electron chi connectivity index (χ1n) is 3.62. The van der Waals surface area contributed by atoms with Crippen LogP contribution in [-0.2, 0) is 6.42 Å². The van der Waals surface area contributed by atoms with Gasteiger partial charge in [0.05, 0.1) is 0 Å². The molecule has 0 aromatic heterocycles. The summed E-state index contributed by atoms with van der Waals surface area (Å²) in [5, 5.41) is 0. The van der Waals surface area contributed by atoms with Gasteiger partial charge in [-0.3, -0.25) is 0 Å². The zero-order valence-corrected chi connectivity index (χ0v) is 7.30. The van der Waals surface area contributed by atoms with Gasteiger partial charge in [-0.05, 0) is 12.0 Å². The van der Waals surface area contributed by atoms with Crippen LogP contribution in [0.2, 0.25) is 12.6 Å². The van der Waals surface area contributed by atoms with E-state index < -0.39 is 0 Å². The molecule has 1 rings (SSSR count). The molecule has 1 aromatic rings. The molecule has 0 aliphatic rings. The minimum Gasteiger partial charge on any atom is -0.0733 e. The van der Waals surface area contributed by atoms with Crippen LogP contribution in [0.15, 0.2) is 30.3 Å². The average Bonchev–Trinajstić information content (AvgIpc) is 2.03. The van der Waals surface area contributed by atoms with Gasteiger partial charge in [0.15, 0.2) is 0 Å². The van der Waals surface area contributed by atoms with E-state index in [1.807, 2.05) is 0 Å². The minimum absolute atomic E-state index is 1.08. The van der Waals surface area contributed by atoms with Crippen LogP contribution in [0.4, 0.5) is 0 Å². The van der Waals surface area contributed by atoms with Crippen molar-refractivity contribution in [3.8, 4) is 0 Å². The molecule has 0 nitrogen and oxygen atoms in total. The van der Waals surface area contributed by atoms with Crippen molar-refractivity contribution in [2.24, 2.45) is 0 Å². The van der Waals surface area contributed by atoms with Crippen molar-refractivity contribution in [3.05, 3.63) is 35.9 Å². The molecule has 10 heavy (non-hydrogen) atoms. The second-order valence-electron chi connectivity index (χ2n) is 2.34. The Labute approximate surface area is 65.1 Å². The van der Waals surface area contributed by atoms with Gasteiger partial charge in [0.1, 0.15) is 0 Å². The largest absolute Gasteiger partial charge is 0.0733 e. The highest BCUT2D eigenvalue weighted by molar-refractivity contribution is 6.33. The lowest BCUT2D eigenvalue weighted by molar-refractivity contribution is 1.12. The SMILES string of the molecule is C[Si]CCc1ccccc1.